The number of morpholine rings is 1. The molecule has 1 N–H and O–H groups in total. The third-order valence-corrected chi connectivity index (χ3v) is 4.36. The summed E-state index contributed by atoms with van der Waals surface area (Å²) in [5.41, 5.74) is 3.14. The van der Waals surface area contributed by atoms with Gasteiger partial charge in [-0.25, -0.2) is 4.98 Å². The van der Waals surface area contributed by atoms with Gasteiger partial charge >= 0.3 is 0 Å². The highest BCUT2D eigenvalue weighted by molar-refractivity contribution is 5.98. The Bertz CT molecular complexity index is 766. The lowest BCUT2D eigenvalue weighted by atomic mass is 10.0. The van der Waals surface area contributed by atoms with E-state index in [2.05, 4.69) is 37.0 Å². The maximum Gasteiger partial charge on any atom is 0.219 e. The van der Waals surface area contributed by atoms with E-state index < -0.39 is 0 Å². The van der Waals surface area contributed by atoms with E-state index in [0.717, 1.165) is 16.9 Å². The number of hydrogen-bond donors (Lipinski definition) is 1. The molecule has 1 aliphatic rings. The Balaban J connectivity index is 1.75. The van der Waals surface area contributed by atoms with Gasteiger partial charge in [-0.15, -0.1) is 0 Å². The van der Waals surface area contributed by atoms with Crippen molar-refractivity contribution in [2.24, 2.45) is 5.16 Å². The minimum atomic E-state index is 0.435. The summed E-state index contributed by atoms with van der Waals surface area (Å²) in [5.74, 6) is 2.22. The second kappa shape index (κ2) is 8.19. The van der Waals surface area contributed by atoms with Gasteiger partial charge in [0.05, 0.1) is 13.2 Å². The smallest absolute Gasteiger partial charge is 0.219 e. The van der Waals surface area contributed by atoms with Gasteiger partial charge in [0.2, 0.25) is 5.88 Å². The molecule has 0 spiro atoms. The van der Waals surface area contributed by atoms with Crippen molar-refractivity contribution in [3.05, 3.63) is 53.2 Å². The van der Waals surface area contributed by atoms with Crippen molar-refractivity contribution in [1.29, 1.82) is 0 Å². The number of nitrogens with zero attached hydrogens (tertiary/aromatic N) is 3. The van der Waals surface area contributed by atoms with Crippen molar-refractivity contribution in [3.63, 3.8) is 0 Å². The maximum atomic E-state index is 9.40. The summed E-state index contributed by atoms with van der Waals surface area (Å²) in [7, 11) is 0. The fraction of sp³-hybridized carbons (Fsp3) is 0.400. The van der Waals surface area contributed by atoms with Gasteiger partial charge in [0.25, 0.3) is 0 Å². The molecule has 26 heavy (non-hydrogen) atoms. The Morgan fingerprint density at radius 3 is 2.62 bits per heavy atom. The van der Waals surface area contributed by atoms with Gasteiger partial charge in [-0.3, -0.25) is 0 Å². The molecule has 0 bridgehead atoms. The number of pyridine rings is 1. The van der Waals surface area contributed by atoms with Crippen molar-refractivity contribution in [1.82, 2.24) is 9.88 Å². The zero-order valence-electron chi connectivity index (χ0n) is 15.5. The zero-order chi connectivity index (χ0) is 18.5. The Kier molecular flexibility index (Phi) is 5.73. The van der Waals surface area contributed by atoms with Gasteiger partial charge in [0.15, 0.2) is 5.84 Å². The molecule has 2 aromatic rings. The van der Waals surface area contributed by atoms with E-state index in [9.17, 15) is 5.21 Å². The standard InChI is InChI=1S/C20H25N3O3/c1-14(2)17-10-15(3)11-18(12-17)26-19-5-4-16(13-21-19)20(22-24)23-6-8-25-9-7-23/h4-5,10-14,24H,6-9H2,1-3H3/b22-20-. The van der Waals surface area contributed by atoms with Gasteiger partial charge < -0.3 is 19.6 Å². The summed E-state index contributed by atoms with van der Waals surface area (Å²) < 4.78 is 11.3. The molecule has 2 heterocycles. The molecule has 1 saturated heterocycles. The molecule has 6 heteroatoms. The average molecular weight is 355 g/mol. The molecule has 0 radical (unpaired) electrons. The van der Waals surface area contributed by atoms with E-state index in [0.29, 0.717) is 43.9 Å². The first-order valence-corrected chi connectivity index (χ1v) is 8.87. The molecule has 0 unspecified atom stereocenters. The van der Waals surface area contributed by atoms with Crippen molar-refractivity contribution in [3.8, 4) is 11.6 Å². The molecule has 1 aromatic heterocycles. The fourth-order valence-corrected chi connectivity index (χ4v) is 2.94. The van der Waals surface area contributed by atoms with E-state index in [-0.39, 0.29) is 0 Å². The molecule has 3 rings (SSSR count). The number of hydrogen-bond acceptors (Lipinski definition) is 5. The van der Waals surface area contributed by atoms with Crippen LogP contribution in [0.5, 0.6) is 11.6 Å². The average Bonchev–Trinajstić information content (AvgIpc) is 2.64. The molecular formula is C20H25N3O3. The summed E-state index contributed by atoms with van der Waals surface area (Å²) in [4.78, 5) is 6.35. The molecular weight excluding hydrogens is 330 g/mol. The highest BCUT2D eigenvalue weighted by Gasteiger charge is 2.18. The van der Waals surface area contributed by atoms with Crippen molar-refractivity contribution < 1.29 is 14.7 Å². The number of benzene rings is 1. The number of ether oxygens (including phenoxy) is 2. The first-order chi connectivity index (χ1) is 12.6. The van der Waals surface area contributed by atoms with Crippen LogP contribution in [0.25, 0.3) is 0 Å². The van der Waals surface area contributed by atoms with Gasteiger partial charge in [0.1, 0.15) is 5.75 Å². The third-order valence-electron chi connectivity index (χ3n) is 4.36. The monoisotopic (exact) mass is 355 g/mol. The predicted octanol–water partition coefficient (Wildman–Crippen LogP) is 3.77. The number of aromatic nitrogens is 1. The first-order valence-electron chi connectivity index (χ1n) is 8.87. The Hall–Kier alpha value is -2.60. The van der Waals surface area contributed by atoms with Crippen LogP contribution in [0.15, 0.2) is 41.7 Å². The van der Waals surface area contributed by atoms with Crippen LogP contribution in [0.1, 0.15) is 36.5 Å². The number of oxime groups is 1. The Morgan fingerprint density at radius 1 is 1.23 bits per heavy atom. The molecule has 0 amide bonds. The van der Waals surface area contributed by atoms with E-state index in [1.54, 1.807) is 12.3 Å². The van der Waals surface area contributed by atoms with Gasteiger partial charge in [-0.05, 0) is 42.2 Å². The van der Waals surface area contributed by atoms with Gasteiger partial charge in [0, 0.05) is 30.9 Å². The van der Waals surface area contributed by atoms with Crippen molar-refractivity contribution in [2.75, 3.05) is 26.3 Å². The topological polar surface area (TPSA) is 67.2 Å². The third kappa shape index (κ3) is 4.32. The number of aryl methyl sites for hydroxylation is 1. The largest absolute Gasteiger partial charge is 0.439 e. The lowest BCUT2D eigenvalue weighted by Crippen LogP contribution is -2.41. The van der Waals surface area contributed by atoms with Crippen LogP contribution in [-0.4, -0.2) is 47.2 Å². The van der Waals surface area contributed by atoms with Crippen LogP contribution in [0.4, 0.5) is 0 Å². The summed E-state index contributed by atoms with van der Waals surface area (Å²) in [6.07, 6.45) is 1.67. The molecule has 1 aliphatic heterocycles. The molecule has 0 atom stereocenters. The predicted molar refractivity (Wildman–Crippen MR) is 100 cm³/mol. The quantitative estimate of drug-likeness (QED) is 0.391. The maximum absolute atomic E-state index is 9.40. The van der Waals surface area contributed by atoms with Crippen LogP contribution >= 0.6 is 0 Å². The molecule has 0 saturated carbocycles. The van der Waals surface area contributed by atoms with E-state index in [1.807, 2.05) is 23.1 Å². The van der Waals surface area contributed by atoms with Crippen LogP contribution in [0.2, 0.25) is 0 Å². The summed E-state index contributed by atoms with van der Waals surface area (Å²) >= 11 is 0. The highest BCUT2D eigenvalue weighted by Crippen LogP contribution is 2.26. The lowest BCUT2D eigenvalue weighted by Gasteiger charge is -2.28. The molecule has 6 nitrogen and oxygen atoms in total. The summed E-state index contributed by atoms with van der Waals surface area (Å²) in [5, 5.41) is 12.8. The normalized spacial score (nSPS) is 15.4. The van der Waals surface area contributed by atoms with Crippen LogP contribution < -0.4 is 4.74 Å². The summed E-state index contributed by atoms with van der Waals surface area (Å²) in [6.45, 7) is 9.01. The van der Waals surface area contributed by atoms with Gasteiger partial charge in [-0.2, -0.15) is 0 Å². The first kappa shape index (κ1) is 18.2. The second-order valence-electron chi connectivity index (χ2n) is 6.74. The van der Waals surface area contributed by atoms with Crippen LogP contribution in [0, 0.1) is 6.92 Å². The Labute approximate surface area is 154 Å². The van der Waals surface area contributed by atoms with Crippen molar-refractivity contribution >= 4 is 5.84 Å². The Morgan fingerprint density at radius 2 is 2.00 bits per heavy atom. The zero-order valence-corrected chi connectivity index (χ0v) is 15.5. The fourth-order valence-electron chi connectivity index (χ4n) is 2.94. The van der Waals surface area contributed by atoms with Gasteiger partial charge in [-0.1, -0.05) is 25.1 Å². The highest BCUT2D eigenvalue weighted by atomic mass is 16.5. The molecule has 1 aromatic carbocycles. The number of amidine groups is 1. The van der Waals surface area contributed by atoms with Crippen molar-refractivity contribution in [2.45, 2.75) is 26.7 Å². The molecule has 1 fully saturated rings. The molecule has 0 aliphatic carbocycles. The van der Waals surface area contributed by atoms with Crippen LogP contribution in [0.3, 0.4) is 0 Å². The van der Waals surface area contributed by atoms with E-state index in [4.69, 9.17) is 9.47 Å². The van der Waals surface area contributed by atoms with E-state index in [1.165, 1.54) is 5.56 Å². The second-order valence-corrected chi connectivity index (χ2v) is 6.74. The van der Waals surface area contributed by atoms with E-state index >= 15 is 0 Å². The minimum absolute atomic E-state index is 0.435. The van der Waals surface area contributed by atoms with Crippen LogP contribution in [-0.2, 0) is 4.74 Å². The summed E-state index contributed by atoms with van der Waals surface area (Å²) in [6, 6.07) is 9.85. The lowest BCUT2D eigenvalue weighted by molar-refractivity contribution is 0.0668. The number of rotatable bonds is 4. The SMILES string of the molecule is Cc1cc(Oc2ccc(/C(=N/O)N3CCOCC3)cn2)cc(C(C)C)c1. The molecule has 138 valence electrons. The minimum Gasteiger partial charge on any atom is -0.439 e.